The molecule has 3 rings (SSSR count). The fourth-order valence-corrected chi connectivity index (χ4v) is 4.38. The number of amides is 1. The van der Waals surface area contributed by atoms with Gasteiger partial charge in [-0.15, -0.1) is 12.4 Å². The number of fused-ring (bicyclic) bond motifs is 1. The first-order valence-corrected chi connectivity index (χ1v) is 9.62. The third-order valence-electron chi connectivity index (χ3n) is 4.26. The zero-order valence-corrected chi connectivity index (χ0v) is 16.0. The van der Waals surface area contributed by atoms with Crippen LogP contribution in [-0.4, -0.2) is 14.3 Å². The predicted octanol–water partition coefficient (Wildman–Crippen LogP) is 3.00. The Bertz CT molecular complexity index is 898. The summed E-state index contributed by atoms with van der Waals surface area (Å²) in [5.41, 5.74) is 9.16. The molecule has 1 unspecified atom stereocenters. The summed E-state index contributed by atoms with van der Waals surface area (Å²) in [7, 11) is -3.65. The molecule has 0 saturated heterocycles. The summed E-state index contributed by atoms with van der Waals surface area (Å²) in [6, 6.07) is 11.5. The smallest absolute Gasteiger partial charge is 0.241 e. The van der Waals surface area contributed by atoms with Crippen LogP contribution < -0.4 is 15.8 Å². The van der Waals surface area contributed by atoms with Crippen molar-refractivity contribution in [2.45, 2.75) is 37.1 Å². The SMILES string of the molecule is CC(=O)Nc1ccc(S(=O)(=O)NC2CCCc3cc(N)ccc32)cc1.Cl. The molecule has 4 N–H and O–H groups in total. The molecule has 2 aromatic rings. The molecule has 0 radical (unpaired) electrons. The molecule has 0 spiro atoms. The number of nitrogens with two attached hydrogens (primary N) is 1. The minimum atomic E-state index is -3.65. The Morgan fingerprint density at radius 1 is 1.15 bits per heavy atom. The lowest BCUT2D eigenvalue weighted by atomic mass is 9.88. The summed E-state index contributed by atoms with van der Waals surface area (Å²) < 4.78 is 28.2. The molecule has 0 heterocycles. The summed E-state index contributed by atoms with van der Waals surface area (Å²) in [6.45, 7) is 1.40. The number of carbonyl (C=O) groups is 1. The first kappa shape index (κ1) is 20.2. The van der Waals surface area contributed by atoms with Crippen LogP contribution in [0.25, 0.3) is 0 Å². The Morgan fingerprint density at radius 3 is 2.50 bits per heavy atom. The summed E-state index contributed by atoms with van der Waals surface area (Å²) in [6.07, 6.45) is 2.56. The monoisotopic (exact) mass is 395 g/mol. The molecule has 1 aliphatic rings. The quantitative estimate of drug-likeness (QED) is 0.692. The molecule has 8 heteroatoms. The summed E-state index contributed by atoms with van der Waals surface area (Å²) in [5, 5.41) is 2.62. The van der Waals surface area contributed by atoms with Crippen LogP contribution in [-0.2, 0) is 21.2 Å². The van der Waals surface area contributed by atoms with Crippen LogP contribution in [0.15, 0.2) is 47.4 Å². The van der Waals surface area contributed by atoms with Crippen molar-refractivity contribution in [3.8, 4) is 0 Å². The van der Waals surface area contributed by atoms with Gasteiger partial charge < -0.3 is 11.1 Å². The summed E-state index contributed by atoms with van der Waals surface area (Å²) in [5.74, 6) is -0.202. The van der Waals surface area contributed by atoms with Crippen LogP contribution in [0.3, 0.4) is 0 Å². The average Bonchev–Trinajstić information content (AvgIpc) is 2.54. The number of sulfonamides is 1. The highest BCUT2D eigenvalue weighted by Gasteiger charge is 2.25. The molecule has 26 heavy (non-hydrogen) atoms. The van der Waals surface area contributed by atoms with Gasteiger partial charge in [-0.3, -0.25) is 4.79 Å². The molecule has 140 valence electrons. The van der Waals surface area contributed by atoms with E-state index in [4.69, 9.17) is 5.73 Å². The van der Waals surface area contributed by atoms with Crippen LogP contribution in [0.2, 0.25) is 0 Å². The molecular formula is C18H22ClN3O3S. The lowest BCUT2D eigenvalue weighted by Gasteiger charge is -2.26. The van der Waals surface area contributed by atoms with Gasteiger partial charge in [0.2, 0.25) is 15.9 Å². The Morgan fingerprint density at radius 2 is 1.85 bits per heavy atom. The second kappa shape index (κ2) is 8.07. The lowest BCUT2D eigenvalue weighted by molar-refractivity contribution is -0.114. The molecule has 0 bridgehead atoms. The fraction of sp³-hybridized carbons (Fsp3) is 0.278. The van der Waals surface area contributed by atoms with Crippen molar-refractivity contribution in [3.05, 3.63) is 53.6 Å². The first-order valence-electron chi connectivity index (χ1n) is 8.13. The van der Waals surface area contributed by atoms with Gasteiger partial charge in [0.15, 0.2) is 0 Å². The Hall–Kier alpha value is -2.09. The van der Waals surface area contributed by atoms with E-state index in [2.05, 4.69) is 10.0 Å². The van der Waals surface area contributed by atoms with E-state index in [9.17, 15) is 13.2 Å². The van der Waals surface area contributed by atoms with E-state index < -0.39 is 10.0 Å². The van der Waals surface area contributed by atoms with Gasteiger partial charge in [0.05, 0.1) is 4.90 Å². The number of nitrogens with one attached hydrogen (secondary N) is 2. The maximum atomic E-state index is 12.7. The molecule has 0 aromatic heterocycles. The highest BCUT2D eigenvalue weighted by Crippen LogP contribution is 2.32. The van der Waals surface area contributed by atoms with E-state index in [0.29, 0.717) is 11.4 Å². The second-order valence-corrected chi connectivity index (χ2v) is 7.94. The molecule has 1 aliphatic carbocycles. The second-order valence-electron chi connectivity index (χ2n) is 6.23. The molecule has 0 fully saturated rings. The van der Waals surface area contributed by atoms with Gasteiger partial charge in [-0.1, -0.05) is 6.07 Å². The van der Waals surface area contributed by atoms with Crippen molar-refractivity contribution in [1.29, 1.82) is 0 Å². The van der Waals surface area contributed by atoms with Crippen molar-refractivity contribution in [2.24, 2.45) is 0 Å². The minimum absolute atomic E-state index is 0. The maximum Gasteiger partial charge on any atom is 0.241 e. The van der Waals surface area contributed by atoms with Crippen LogP contribution in [0, 0.1) is 0 Å². The normalized spacial score (nSPS) is 16.3. The Kier molecular flexibility index (Phi) is 6.28. The van der Waals surface area contributed by atoms with E-state index in [1.807, 2.05) is 12.1 Å². The molecule has 0 aliphatic heterocycles. The number of hydrogen-bond donors (Lipinski definition) is 3. The van der Waals surface area contributed by atoms with Gasteiger partial charge in [0.1, 0.15) is 0 Å². The lowest BCUT2D eigenvalue weighted by Crippen LogP contribution is -2.31. The molecule has 6 nitrogen and oxygen atoms in total. The van der Waals surface area contributed by atoms with Gasteiger partial charge in [-0.2, -0.15) is 0 Å². The number of hydrogen-bond acceptors (Lipinski definition) is 4. The topological polar surface area (TPSA) is 101 Å². The Balaban J connectivity index is 0.00000243. The summed E-state index contributed by atoms with van der Waals surface area (Å²) >= 11 is 0. The van der Waals surface area contributed by atoms with Crippen LogP contribution in [0.4, 0.5) is 11.4 Å². The van der Waals surface area contributed by atoms with E-state index in [-0.39, 0.29) is 29.3 Å². The molecule has 1 atom stereocenters. The van der Waals surface area contributed by atoms with Crippen molar-refractivity contribution < 1.29 is 13.2 Å². The third-order valence-corrected chi connectivity index (χ3v) is 5.75. The van der Waals surface area contributed by atoms with Crippen LogP contribution in [0.5, 0.6) is 0 Å². The number of nitrogen functional groups attached to an aromatic ring is 1. The van der Waals surface area contributed by atoms with Gasteiger partial charge in [-0.05, 0) is 66.8 Å². The molecule has 2 aromatic carbocycles. The Labute approximate surface area is 159 Å². The van der Waals surface area contributed by atoms with Crippen LogP contribution >= 0.6 is 12.4 Å². The number of benzene rings is 2. The molecule has 1 amide bonds. The highest BCUT2D eigenvalue weighted by molar-refractivity contribution is 7.89. The third kappa shape index (κ3) is 4.55. The maximum absolute atomic E-state index is 12.7. The first-order chi connectivity index (χ1) is 11.8. The van der Waals surface area contributed by atoms with Gasteiger partial charge >= 0.3 is 0 Å². The van der Waals surface area contributed by atoms with Gasteiger partial charge in [0.25, 0.3) is 0 Å². The standard InChI is InChI=1S/C18H21N3O3S.ClH/c1-12(22)20-15-6-8-16(9-7-15)25(23,24)21-18-4-2-3-13-11-14(19)5-10-17(13)18;/h5-11,18,21H,2-4,19H2,1H3,(H,20,22);1H. The van der Waals surface area contributed by atoms with E-state index in [1.165, 1.54) is 19.1 Å². The summed E-state index contributed by atoms with van der Waals surface area (Å²) in [4.78, 5) is 11.2. The van der Waals surface area contributed by atoms with Crippen molar-refractivity contribution in [3.63, 3.8) is 0 Å². The highest BCUT2D eigenvalue weighted by atomic mass is 35.5. The van der Waals surface area contributed by atoms with Crippen molar-refractivity contribution in [1.82, 2.24) is 4.72 Å². The van der Waals surface area contributed by atoms with E-state index >= 15 is 0 Å². The fourth-order valence-electron chi connectivity index (χ4n) is 3.13. The zero-order chi connectivity index (χ0) is 18.0. The minimum Gasteiger partial charge on any atom is -0.399 e. The number of halogens is 1. The number of carbonyl (C=O) groups excluding carboxylic acids is 1. The molecular weight excluding hydrogens is 374 g/mol. The predicted molar refractivity (Wildman–Crippen MR) is 105 cm³/mol. The van der Waals surface area contributed by atoms with Gasteiger partial charge in [0, 0.05) is 24.3 Å². The van der Waals surface area contributed by atoms with Crippen molar-refractivity contribution >= 4 is 39.7 Å². The number of aryl methyl sites for hydroxylation is 1. The van der Waals surface area contributed by atoms with E-state index in [1.54, 1.807) is 18.2 Å². The largest absolute Gasteiger partial charge is 0.399 e. The average molecular weight is 396 g/mol. The van der Waals surface area contributed by atoms with Gasteiger partial charge in [-0.25, -0.2) is 13.1 Å². The molecule has 0 saturated carbocycles. The zero-order valence-electron chi connectivity index (χ0n) is 14.4. The van der Waals surface area contributed by atoms with Crippen molar-refractivity contribution in [2.75, 3.05) is 11.1 Å². The number of anilines is 2. The van der Waals surface area contributed by atoms with Crippen LogP contribution in [0.1, 0.15) is 36.9 Å². The number of rotatable bonds is 4. The van der Waals surface area contributed by atoms with E-state index in [0.717, 1.165) is 30.4 Å².